The fraction of sp³-hybridized carbons (Fsp3) is 0.457. The molecule has 2 heterocycles. The number of benzene rings is 2. The van der Waals surface area contributed by atoms with Crippen LogP contribution in [0.15, 0.2) is 58.4 Å². The maximum Gasteiger partial charge on any atom is 0.354 e. The third-order valence-corrected chi connectivity index (χ3v) is 8.32. The van der Waals surface area contributed by atoms with E-state index in [0.29, 0.717) is 28.1 Å². The summed E-state index contributed by atoms with van der Waals surface area (Å²) in [4.78, 5) is 27.4. The zero-order valence-electron chi connectivity index (χ0n) is 27.0. The van der Waals surface area contributed by atoms with Crippen LogP contribution in [0.1, 0.15) is 83.4 Å². The Morgan fingerprint density at radius 3 is 2.53 bits per heavy atom. The summed E-state index contributed by atoms with van der Waals surface area (Å²) in [6, 6.07) is 13.8. The van der Waals surface area contributed by atoms with Crippen LogP contribution in [-0.2, 0) is 6.42 Å². The number of aryl methyl sites for hydroxylation is 1. The van der Waals surface area contributed by atoms with Crippen LogP contribution in [0.5, 0.6) is 0 Å². The molecule has 0 aliphatic heterocycles. The second-order valence-corrected chi connectivity index (χ2v) is 12.4. The Balaban J connectivity index is 1.60. The highest BCUT2D eigenvalue weighted by atomic mass is 35.5. The molecule has 0 fully saturated rings. The largest absolute Gasteiger partial charge is 0.388 e. The van der Waals surface area contributed by atoms with Crippen LogP contribution in [0, 0.1) is 5.82 Å². The number of aromatic nitrogens is 3. The molecule has 242 valence electrons. The van der Waals surface area contributed by atoms with Gasteiger partial charge in [-0.3, -0.25) is 14.5 Å². The minimum atomic E-state index is -0.508. The predicted octanol–water partition coefficient (Wildman–Crippen LogP) is 7.16. The molecule has 0 aliphatic rings. The lowest BCUT2D eigenvalue weighted by Crippen LogP contribution is -2.31. The maximum atomic E-state index is 15.2. The number of fused-ring (bicyclic) bond motifs is 1. The molecule has 2 atom stereocenters. The van der Waals surface area contributed by atoms with Gasteiger partial charge in [0.05, 0.1) is 22.2 Å². The number of halogens is 2. The molecule has 4 rings (SSSR count). The number of nitrogens with one attached hydrogen (secondary N) is 1. The van der Waals surface area contributed by atoms with Crippen LogP contribution < -0.4 is 17.2 Å². The van der Waals surface area contributed by atoms with Crippen molar-refractivity contribution in [2.45, 2.75) is 84.7 Å². The zero-order valence-corrected chi connectivity index (χ0v) is 27.7. The van der Waals surface area contributed by atoms with E-state index in [0.717, 1.165) is 75.8 Å². The van der Waals surface area contributed by atoms with Crippen molar-refractivity contribution in [3.63, 3.8) is 0 Å². The lowest BCUT2D eigenvalue weighted by atomic mass is 9.99. The van der Waals surface area contributed by atoms with Crippen molar-refractivity contribution in [2.75, 3.05) is 19.6 Å². The van der Waals surface area contributed by atoms with Crippen molar-refractivity contribution in [3.05, 3.63) is 81.1 Å². The third-order valence-electron chi connectivity index (χ3n) is 8.05. The zero-order chi connectivity index (χ0) is 32.5. The average molecular weight is 636 g/mol. The Morgan fingerprint density at radius 1 is 1.11 bits per heavy atom. The van der Waals surface area contributed by atoms with E-state index in [4.69, 9.17) is 23.1 Å². The molecule has 8 nitrogen and oxygen atoms in total. The summed E-state index contributed by atoms with van der Waals surface area (Å²) in [6.45, 7) is 10.9. The molecule has 0 amide bonds. The molecular weight excluding hydrogens is 589 g/mol. The summed E-state index contributed by atoms with van der Waals surface area (Å²) in [5.41, 5.74) is 15.3. The Kier molecular flexibility index (Phi) is 12.3. The van der Waals surface area contributed by atoms with Gasteiger partial charge in [0, 0.05) is 42.3 Å². The van der Waals surface area contributed by atoms with E-state index < -0.39 is 11.5 Å². The number of nitrogens with two attached hydrogens (primary N) is 2. The van der Waals surface area contributed by atoms with Crippen LogP contribution in [0.4, 0.5) is 4.39 Å². The van der Waals surface area contributed by atoms with Crippen molar-refractivity contribution in [3.8, 4) is 16.9 Å². The summed E-state index contributed by atoms with van der Waals surface area (Å²) < 4.78 is 16.7. The van der Waals surface area contributed by atoms with Gasteiger partial charge in [0.2, 0.25) is 0 Å². The summed E-state index contributed by atoms with van der Waals surface area (Å²) in [7, 11) is 0. The predicted molar refractivity (Wildman–Crippen MR) is 185 cm³/mol. The van der Waals surface area contributed by atoms with Crippen LogP contribution in [-0.4, -0.2) is 50.9 Å². The van der Waals surface area contributed by atoms with E-state index >= 15 is 4.39 Å². The molecule has 45 heavy (non-hydrogen) atoms. The highest BCUT2D eigenvalue weighted by Gasteiger charge is 2.20. The Hall–Kier alpha value is -3.53. The molecule has 0 bridgehead atoms. The first kappa shape index (κ1) is 34.3. The molecule has 0 saturated carbocycles. The summed E-state index contributed by atoms with van der Waals surface area (Å²) in [6.07, 6.45) is 8.34. The minimum absolute atomic E-state index is 0.0626. The van der Waals surface area contributed by atoms with Gasteiger partial charge in [-0.2, -0.15) is 4.98 Å². The SMILES string of the molecule is CCCC(c1ccc(-n2cc3cc(-c4cc(CCCC(C)N)cc(Cl)c4F)[nH]c3nc2=O)cc1)N(CCC)CCCN=C(C)N. The number of rotatable bonds is 16. The molecule has 0 saturated heterocycles. The number of amidine groups is 1. The first-order valence-corrected chi connectivity index (χ1v) is 16.5. The van der Waals surface area contributed by atoms with Gasteiger partial charge in [0.15, 0.2) is 5.82 Å². The Bertz CT molecular complexity index is 1640. The number of aromatic amines is 1. The van der Waals surface area contributed by atoms with Gasteiger partial charge in [0.1, 0.15) is 5.65 Å². The number of aliphatic imine (C=N–C) groups is 1. The molecule has 0 radical (unpaired) electrons. The molecular formula is C35H47ClFN7O. The van der Waals surface area contributed by atoms with Gasteiger partial charge in [-0.15, -0.1) is 0 Å². The van der Waals surface area contributed by atoms with Gasteiger partial charge in [0.25, 0.3) is 0 Å². The van der Waals surface area contributed by atoms with Gasteiger partial charge < -0.3 is 16.5 Å². The molecule has 4 aromatic rings. The van der Waals surface area contributed by atoms with Gasteiger partial charge in [-0.05, 0) is 100 Å². The number of nitrogens with zero attached hydrogens (tertiary/aromatic N) is 4. The standard InChI is InChI=1S/C35H47ClFN7O/c1-5-9-32(43(17-6-2)18-8-16-40-24(4)39)26-12-14-28(15-13-26)44-22-27-21-31(41-34(27)42-35(44)45)29-19-25(11-7-10-23(3)38)20-30(36)33(29)37/h12-15,19-23,32H,5-11,16-18,38H2,1-4H3,(H2,39,40)(H,41,42,45). The molecule has 2 aromatic carbocycles. The molecule has 2 aromatic heterocycles. The fourth-order valence-electron chi connectivity index (χ4n) is 5.87. The topological polar surface area (TPSA) is 118 Å². The second kappa shape index (κ2) is 16.2. The first-order chi connectivity index (χ1) is 21.6. The minimum Gasteiger partial charge on any atom is -0.388 e. The fourth-order valence-corrected chi connectivity index (χ4v) is 6.11. The lowest BCUT2D eigenvalue weighted by Gasteiger charge is -2.32. The van der Waals surface area contributed by atoms with E-state index in [-0.39, 0.29) is 17.1 Å². The molecule has 10 heteroatoms. The lowest BCUT2D eigenvalue weighted by molar-refractivity contribution is 0.185. The van der Waals surface area contributed by atoms with Crippen molar-refractivity contribution < 1.29 is 4.39 Å². The quantitative estimate of drug-likeness (QED) is 0.0686. The Morgan fingerprint density at radius 2 is 1.87 bits per heavy atom. The van der Waals surface area contributed by atoms with E-state index in [2.05, 4.69) is 45.8 Å². The molecule has 5 N–H and O–H groups in total. The number of H-pyrrole nitrogens is 1. The van der Waals surface area contributed by atoms with E-state index in [1.54, 1.807) is 18.3 Å². The summed E-state index contributed by atoms with van der Waals surface area (Å²) >= 11 is 6.28. The number of hydrogen-bond donors (Lipinski definition) is 3. The van der Waals surface area contributed by atoms with Gasteiger partial charge >= 0.3 is 5.69 Å². The maximum absolute atomic E-state index is 15.2. The molecule has 2 unspecified atom stereocenters. The van der Waals surface area contributed by atoms with Crippen molar-refractivity contribution >= 4 is 28.5 Å². The summed E-state index contributed by atoms with van der Waals surface area (Å²) in [5.74, 6) is 0.108. The van der Waals surface area contributed by atoms with Crippen LogP contribution >= 0.6 is 11.6 Å². The number of hydrogen-bond acceptors (Lipinski definition) is 5. The highest BCUT2D eigenvalue weighted by Crippen LogP contribution is 2.32. The van der Waals surface area contributed by atoms with Crippen LogP contribution in [0.2, 0.25) is 5.02 Å². The normalized spacial score (nSPS) is 13.6. The Labute approximate surface area is 270 Å². The second-order valence-electron chi connectivity index (χ2n) is 12.0. The van der Waals surface area contributed by atoms with Crippen molar-refractivity contribution in [1.29, 1.82) is 0 Å². The van der Waals surface area contributed by atoms with Crippen LogP contribution in [0.3, 0.4) is 0 Å². The van der Waals surface area contributed by atoms with Crippen LogP contribution in [0.25, 0.3) is 28.0 Å². The first-order valence-electron chi connectivity index (χ1n) is 16.1. The third kappa shape index (κ3) is 9.02. The van der Waals surface area contributed by atoms with E-state index in [1.165, 1.54) is 10.1 Å². The van der Waals surface area contributed by atoms with E-state index in [9.17, 15) is 4.79 Å². The molecule has 0 spiro atoms. The van der Waals surface area contributed by atoms with Gasteiger partial charge in [-0.25, -0.2) is 9.18 Å². The smallest absolute Gasteiger partial charge is 0.354 e. The highest BCUT2D eigenvalue weighted by molar-refractivity contribution is 6.31. The van der Waals surface area contributed by atoms with Crippen molar-refractivity contribution in [1.82, 2.24) is 19.4 Å². The van der Waals surface area contributed by atoms with Crippen molar-refractivity contribution in [2.24, 2.45) is 16.5 Å². The average Bonchev–Trinajstić information content (AvgIpc) is 3.41. The summed E-state index contributed by atoms with van der Waals surface area (Å²) in [5, 5.41) is 0.757. The monoisotopic (exact) mass is 635 g/mol. The molecule has 0 aliphatic carbocycles. The van der Waals surface area contributed by atoms with Gasteiger partial charge in [-0.1, -0.05) is 44.0 Å². The van der Waals surface area contributed by atoms with E-state index in [1.807, 2.05) is 32.0 Å².